The summed E-state index contributed by atoms with van der Waals surface area (Å²) >= 11 is 3.19. The predicted octanol–water partition coefficient (Wildman–Crippen LogP) is 0.00660. The molecule has 0 heterocycles. The second kappa shape index (κ2) is 6.48. The molecule has 0 saturated carbocycles. The van der Waals surface area contributed by atoms with Crippen LogP contribution in [0.3, 0.4) is 0 Å². The number of hydrogen-bond donors (Lipinski definition) is 3. The van der Waals surface area contributed by atoms with Gasteiger partial charge in [-0.2, -0.15) is 4.31 Å². The lowest BCUT2D eigenvalue weighted by molar-refractivity contribution is 0.217. The van der Waals surface area contributed by atoms with Crippen molar-refractivity contribution in [3.8, 4) is 0 Å². The Morgan fingerprint density at radius 1 is 1.22 bits per heavy atom. The summed E-state index contributed by atoms with van der Waals surface area (Å²) in [6, 6.07) is 4.44. The molecule has 0 aliphatic rings. The van der Waals surface area contributed by atoms with Crippen LogP contribution in [0.1, 0.15) is 0 Å². The van der Waals surface area contributed by atoms with E-state index >= 15 is 0 Å². The smallest absolute Gasteiger partial charge is 0.245 e. The summed E-state index contributed by atoms with van der Waals surface area (Å²) in [5.41, 5.74) is 5.79. The number of rotatable bonds is 6. The first-order valence-electron chi connectivity index (χ1n) is 5.20. The van der Waals surface area contributed by atoms with Crippen LogP contribution in [0.4, 0.5) is 5.69 Å². The van der Waals surface area contributed by atoms with Gasteiger partial charge >= 0.3 is 0 Å². The Morgan fingerprint density at radius 2 is 1.78 bits per heavy atom. The Labute approximate surface area is 114 Å². The van der Waals surface area contributed by atoms with Gasteiger partial charge in [-0.1, -0.05) is 15.9 Å². The molecule has 0 bridgehead atoms. The number of benzene rings is 1. The van der Waals surface area contributed by atoms with E-state index in [-0.39, 0.29) is 36.9 Å². The molecule has 6 nitrogen and oxygen atoms in total. The molecule has 4 N–H and O–H groups in total. The molecule has 1 aromatic rings. The molecule has 1 rings (SSSR count). The van der Waals surface area contributed by atoms with Gasteiger partial charge in [0.25, 0.3) is 0 Å². The lowest BCUT2D eigenvalue weighted by Gasteiger charge is -2.21. The summed E-state index contributed by atoms with van der Waals surface area (Å²) < 4.78 is 26.2. The number of aliphatic hydroxyl groups excluding tert-OH is 2. The van der Waals surface area contributed by atoms with Gasteiger partial charge in [0.2, 0.25) is 10.0 Å². The van der Waals surface area contributed by atoms with E-state index < -0.39 is 10.0 Å². The molecule has 8 heteroatoms. The van der Waals surface area contributed by atoms with Crippen molar-refractivity contribution < 1.29 is 18.6 Å². The van der Waals surface area contributed by atoms with Gasteiger partial charge in [-0.3, -0.25) is 0 Å². The summed E-state index contributed by atoms with van der Waals surface area (Å²) in [7, 11) is -3.81. The largest absolute Gasteiger partial charge is 0.398 e. The molecule has 0 aliphatic carbocycles. The van der Waals surface area contributed by atoms with E-state index in [1.807, 2.05) is 0 Å². The third-order valence-corrected chi connectivity index (χ3v) is 4.75. The average molecular weight is 339 g/mol. The second-order valence-electron chi connectivity index (χ2n) is 3.53. The topological polar surface area (TPSA) is 104 Å². The Balaban J connectivity index is 3.17. The van der Waals surface area contributed by atoms with Crippen molar-refractivity contribution in [2.24, 2.45) is 0 Å². The Bertz CT molecular complexity index is 501. The zero-order valence-corrected chi connectivity index (χ0v) is 12.0. The lowest BCUT2D eigenvalue weighted by Crippen LogP contribution is -2.36. The number of nitrogens with zero attached hydrogens (tertiary/aromatic N) is 1. The standard InChI is InChI=1S/C10H15BrN2O4S/c11-8-1-2-10(9(12)7-8)18(16,17)13(3-5-14)4-6-15/h1-2,7,14-15H,3-6,12H2. The second-order valence-corrected chi connectivity index (χ2v) is 6.36. The third-order valence-electron chi connectivity index (χ3n) is 2.29. The Hall–Kier alpha value is -0.670. The van der Waals surface area contributed by atoms with Crippen LogP contribution in [-0.4, -0.2) is 49.2 Å². The van der Waals surface area contributed by atoms with Crippen LogP contribution in [0.2, 0.25) is 0 Å². The van der Waals surface area contributed by atoms with Crippen molar-refractivity contribution in [1.29, 1.82) is 0 Å². The molecule has 0 saturated heterocycles. The van der Waals surface area contributed by atoms with Crippen LogP contribution >= 0.6 is 15.9 Å². The SMILES string of the molecule is Nc1cc(Br)ccc1S(=O)(=O)N(CCO)CCO. The molecule has 18 heavy (non-hydrogen) atoms. The first kappa shape index (κ1) is 15.4. The molecule has 0 aliphatic heterocycles. The highest BCUT2D eigenvalue weighted by atomic mass is 79.9. The van der Waals surface area contributed by atoms with Gasteiger partial charge in [0, 0.05) is 17.6 Å². The van der Waals surface area contributed by atoms with Crippen molar-refractivity contribution in [2.75, 3.05) is 32.0 Å². The van der Waals surface area contributed by atoms with Crippen molar-refractivity contribution in [3.63, 3.8) is 0 Å². The molecule has 102 valence electrons. The number of hydrogen-bond acceptors (Lipinski definition) is 5. The zero-order chi connectivity index (χ0) is 13.8. The van der Waals surface area contributed by atoms with E-state index in [1.165, 1.54) is 12.1 Å². The summed E-state index contributed by atoms with van der Waals surface area (Å²) in [4.78, 5) is -0.0346. The molecular weight excluding hydrogens is 324 g/mol. The van der Waals surface area contributed by atoms with Crippen LogP contribution < -0.4 is 5.73 Å². The van der Waals surface area contributed by atoms with Crippen molar-refractivity contribution in [2.45, 2.75) is 4.90 Å². The number of aliphatic hydroxyl groups is 2. The maximum absolute atomic E-state index is 12.3. The minimum atomic E-state index is -3.81. The van der Waals surface area contributed by atoms with Crippen LogP contribution in [-0.2, 0) is 10.0 Å². The van der Waals surface area contributed by atoms with Gasteiger partial charge in [0.1, 0.15) is 4.90 Å². The van der Waals surface area contributed by atoms with E-state index in [0.717, 1.165) is 4.31 Å². The fraction of sp³-hybridized carbons (Fsp3) is 0.400. The van der Waals surface area contributed by atoms with E-state index in [2.05, 4.69) is 15.9 Å². The summed E-state index contributed by atoms with van der Waals surface area (Å²) in [5.74, 6) is 0. The van der Waals surface area contributed by atoms with Crippen LogP contribution in [0, 0.1) is 0 Å². The van der Waals surface area contributed by atoms with Gasteiger partial charge < -0.3 is 15.9 Å². The van der Waals surface area contributed by atoms with E-state index in [0.29, 0.717) is 4.47 Å². The minimum absolute atomic E-state index is 0.0346. The Kier molecular flexibility index (Phi) is 5.54. The molecular formula is C10H15BrN2O4S. The number of nitrogens with two attached hydrogens (primary N) is 1. The van der Waals surface area contributed by atoms with Crippen molar-refractivity contribution in [1.82, 2.24) is 4.31 Å². The van der Waals surface area contributed by atoms with Gasteiger partial charge in [-0.15, -0.1) is 0 Å². The molecule has 0 radical (unpaired) electrons. The average Bonchev–Trinajstić information content (AvgIpc) is 2.28. The minimum Gasteiger partial charge on any atom is -0.398 e. The van der Waals surface area contributed by atoms with Crippen molar-refractivity contribution >= 4 is 31.6 Å². The summed E-state index contributed by atoms with van der Waals surface area (Å²) in [5, 5.41) is 17.7. The fourth-order valence-corrected chi connectivity index (χ4v) is 3.37. The first-order valence-corrected chi connectivity index (χ1v) is 7.43. The molecule has 0 aromatic heterocycles. The van der Waals surface area contributed by atoms with Crippen molar-refractivity contribution in [3.05, 3.63) is 22.7 Å². The highest BCUT2D eigenvalue weighted by molar-refractivity contribution is 9.10. The van der Waals surface area contributed by atoms with Gasteiger partial charge in [0.05, 0.1) is 18.9 Å². The molecule has 0 amide bonds. The number of sulfonamides is 1. The maximum Gasteiger partial charge on any atom is 0.245 e. The number of nitrogen functional groups attached to an aromatic ring is 1. The van der Waals surface area contributed by atoms with Crippen LogP contribution in [0.25, 0.3) is 0 Å². The first-order chi connectivity index (χ1) is 8.43. The molecule has 1 aromatic carbocycles. The van der Waals surface area contributed by atoms with Gasteiger partial charge in [-0.05, 0) is 18.2 Å². The maximum atomic E-state index is 12.3. The van der Waals surface area contributed by atoms with Gasteiger partial charge in [-0.25, -0.2) is 8.42 Å². The third kappa shape index (κ3) is 3.42. The number of halogens is 1. The monoisotopic (exact) mass is 338 g/mol. The Morgan fingerprint density at radius 3 is 2.22 bits per heavy atom. The molecule has 0 fully saturated rings. The summed E-state index contributed by atoms with van der Waals surface area (Å²) in [6.07, 6.45) is 0. The molecule has 0 unspecified atom stereocenters. The van der Waals surface area contributed by atoms with Gasteiger partial charge in [0.15, 0.2) is 0 Å². The lowest BCUT2D eigenvalue weighted by atomic mass is 10.3. The van der Waals surface area contributed by atoms with E-state index in [1.54, 1.807) is 6.07 Å². The van der Waals surface area contributed by atoms with E-state index in [4.69, 9.17) is 15.9 Å². The van der Waals surface area contributed by atoms with Crippen LogP contribution in [0.15, 0.2) is 27.6 Å². The fourth-order valence-electron chi connectivity index (χ4n) is 1.47. The zero-order valence-electron chi connectivity index (χ0n) is 9.58. The predicted molar refractivity (Wildman–Crippen MR) is 71.5 cm³/mol. The summed E-state index contributed by atoms with van der Waals surface area (Å²) in [6.45, 7) is -0.817. The molecule has 0 spiro atoms. The highest BCUT2D eigenvalue weighted by Gasteiger charge is 2.25. The van der Waals surface area contributed by atoms with Crippen LogP contribution in [0.5, 0.6) is 0 Å². The normalized spacial score (nSPS) is 12.0. The molecule has 0 atom stereocenters. The highest BCUT2D eigenvalue weighted by Crippen LogP contribution is 2.25. The number of anilines is 1. The quantitative estimate of drug-likeness (QED) is 0.633. The van der Waals surface area contributed by atoms with E-state index in [9.17, 15) is 8.42 Å².